The fourth-order valence-corrected chi connectivity index (χ4v) is 11.5. The molecular weight excluding hydrogens is 381 g/mol. The number of nitrogens with one attached hydrogen (secondary N) is 2. The van der Waals surface area contributed by atoms with Gasteiger partial charge in [-0.25, -0.2) is 0 Å². The van der Waals surface area contributed by atoms with Crippen molar-refractivity contribution in [1.82, 2.24) is 9.63 Å². The number of benzene rings is 1. The predicted octanol–water partition coefficient (Wildman–Crippen LogP) is 3.01. The van der Waals surface area contributed by atoms with Crippen LogP contribution in [0.25, 0.3) is 10.9 Å². The predicted molar refractivity (Wildman–Crippen MR) is 108 cm³/mol. The van der Waals surface area contributed by atoms with Crippen LogP contribution in [-0.2, 0) is 0 Å². The van der Waals surface area contributed by atoms with Crippen molar-refractivity contribution >= 4 is 84.4 Å². The minimum absolute atomic E-state index is 0. The fraction of sp³-hybridized carbons (Fsp3) is 0.400. The van der Waals surface area contributed by atoms with Crippen LogP contribution >= 0.6 is 0 Å². The number of hydrogen-bond acceptors (Lipinski definition) is 5. The smallest absolute Gasteiger partial charge is 0.271 e. The summed E-state index contributed by atoms with van der Waals surface area (Å²) in [5.74, 6) is -0.191. The van der Waals surface area contributed by atoms with Crippen LogP contribution in [-0.4, -0.2) is 82.9 Å². The van der Waals surface area contributed by atoms with E-state index in [-0.39, 0.29) is 68.3 Å². The molecule has 0 atom stereocenters. The van der Waals surface area contributed by atoms with Gasteiger partial charge in [-0.3, -0.25) is 14.9 Å². The number of nitro benzene ring substituents is 1. The van der Waals surface area contributed by atoms with Crippen molar-refractivity contribution in [3.63, 3.8) is 0 Å². The zero-order valence-electron chi connectivity index (χ0n) is 15.9. The Balaban J connectivity index is 0.000000504. The van der Waals surface area contributed by atoms with Crippen molar-refractivity contribution in [2.75, 3.05) is 0 Å². The first-order valence-corrected chi connectivity index (χ1v) is 14.6. The van der Waals surface area contributed by atoms with Gasteiger partial charge in [0.15, 0.2) is 0 Å². The number of hydrogen-bond donors (Lipinski definition) is 3. The van der Waals surface area contributed by atoms with Gasteiger partial charge >= 0.3 is 0 Å². The SMILES string of the molecule is C[Si](C)(C)N[Si](C)(C)C.O=c1cc(O)c2ccc([N+](=O)[O-])cc2[nH]1.[K]. The number of fused-ring (bicyclic) bond motifs is 1. The van der Waals surface area contributed by atoms with E-state index in [9.17, 15) is 20.0 Å². The van der Waals surface area contributed by atoms with Gasteiger partial charge in [0.1, 0.15) is 22.2 Å². The van der Waals surface area contributed by atoms with Crippen LogP contribution < -0.4 is 10.2 Å². The molecule has 0 fully saturated rings. The molecular formula is C15H25KN3O4Si2. The summed E-state index contributed by atoms with van der Waals surface area (Å²) in [5.41, 5.74) is -0.390. The summed E-state index contributed by atoms with van der Waals surface area (Å²) < 4.78 is 3.74. The molecule has 1 heterocycles. The number of nitro groups is 1. The maximum atomic E-state index is 11.0. The zero-order chi connectivity index (χ0) is 18.7. The molecule has 1 aromatic carbocycles. The first kappa shape index (κ1) is 24.7. The van der Waals surface area contributed by atoms with Crippen molar-refractivity contribution in [2.24, 2.45) is 0 Å². The molecule has 0 unspecified atom stereocenters. The molecule has 0 saturated carbocycles. The number of rotatable bonds is 3. The van der Waals surface area contributed by atoms with E-state index >= 15 is 0 Å². The molecule has 25 heavy (non-hydrogen) atoms. The molecule has 0 aliphatic rings. The van der Waals surface area contributed by atoms with E-state index in [4.69, 9.17) is 0 Å². The maximum Gasteiger partial charge on any atom is 0.271 e. The van der Waals surface area contributed by atoms with Gasteiger partial charge in [-0.1, -0.05) is 39.3 Å². The number of pyridine rings is 1. The van der Waals surface area contributed by atoms with E-state index in [1.54, 1.807) is 0 Å². The average molecular weight is 407 g/mol. The Morgan fingerprint density at radius 2 is 1.60 bits per heavy atom. The van der Waals surface area contributed by atoms with Crippen LogP contribution in [0.15, 0.2) is 29.1 Å². The Morgan fingerprint density at radius 1 is 1.08 bits per heavy atom. The minimum Gasteiger partial charge on any atom is -0.507 e. The summed E-state index contributed by atoms with van der Waals surface area (Å²) in [6.07, 6.45) is 0. The molecule has 0 bridgehead atoms. The molecule has 7 nitrogen and oxygen atoms in total. The van der Waals surface area contributed by atoms with Crippen molar-refractivity contribution in [3.8, 4) is 5.75 Å². The van der Waals surface area contributed by atoms with E-state index in [1.807, 2.05) is 0 Å². The Bertz CT molecular complexity index is 786. The van der Waals surface area contributed by atoms with Crippen LogP contribution in [0, 0.1) is 10.1 Å². The van der Waals surface area contributed by atoms with Gasteiger partial charge in [-0.05, 0) is 6.07 Å². The van der Waals surface area contributed by atoms with E-state index in [2.05, 4.69) is 48.9 Å². The largest absolute Gasteiger partial charge is 0.507 e. The second-order valence-corrected chi connectivity index (χ2v) is 17.6. The summed E-state index contributed by atoms with van der Waals surface area (Å²) in [4.78, 5) is 23.3. The Hall–Kier alpha value is -0.340. The van der Waals surface area contributed by atoms with Gasteiger partial charge in [0.25, 0.3) is 11.2 Å². The molecule has 133 valence electrons. The zero-order valence-corrected chi connectivity index (χ0v) is 21.1. The summed E-state index contributed by atoms with van der Waals surface area (Å²) in [6.45, 7) is 14.1. The van der Waals surface area contributed by atoms with Crippen LogP contribution in [0.5, 0.6) is 5.75 Å². The van der Waals surface area contributed by atoms with Gasteiger partial charge in [-0.15, -0.1) is 0 Å². The number of aromatic nitrogens is 1. The quantitative estimate of drug-likeness (QED) is 0.412. The second-order valence-electron chi connectivity index (χ2n) is 7.63. The number of H-pyrrole nitrogens is 1. The minimum atomic E-state index is -0.981. The third-order valence-corrected chi connectivity index (χ3v) is 8.77. The molecule has 0 aliphatic heterocycles. The van der Waals surface area contributed by atoms with E-state index in [1.165, 1.54) is 18.2 Å². The molecule has 1 aromatic heterocycles. The number of aromatic hydroxyl groups is 1. The van der Waals surface area contributed by atoms with Crippen molar-refractivity contribution < 1.29 is 10.0 Å². The van der Waals surface area contributed by atoms with E-state index in [0.717, 1.165) is 6.07 Å². The Kier molecular flexibility index (Phi) is 9.42. The van der Waals surface area contributed by atoms with Crippen LogP contribution in [0.2, 0.25) is 39.3 Å². The summed E-state index contributed by atoms with van der Waals surface area (Å²) in [7, 11) is -1.96. The molecule has 0 amide bonds. The Morgan fingerprint density at radius 3 is 2.00 bits per heavy atom. The molecule has 1 radical (unpaired) electrons. The molecule has 3 N–H and O–H groups in total. The first-order chi connectivity index (χ1) is 10.8. The Labute approximate surface area is 192 Å². The fourth-order valence-electron chi connectivity index (χ4n) is 2.47. The van der Waals surface area contributed by atoms with E-state index in [0.29, 0.717) is 5.39 Å². The molecule has 10 heteroatoms. The van der Waals surface area contributed by atoms with Crippen molar-refractivity contribution in [2.45, 2.75) is 39.3 Å². The molecule has 2 rings (SSSR count). The third-order valence-electron chi connectivity index (χ3n) is 2.77. The number of aromatic amines is 1. The van der Waals surface area contributed by atoms with Gasteiger partial charge in [0.2, 0.25) is 0 Å². The summed E-state index contributed by atoms with van der Waals surface area (Å²) in [5, 5.41) is 20.2. The second kappa shape index (κ2) is 9.55. The maximum absolute atomic E-state index is 11.0. The van der Waals surface area contributed by atoms with Crippen molar-refractivity contribution in [3.05, 3.63) is 44.7 Å². The normalized spacial score (nSPS) is 11.3. The summed E-state index contributed by atoms with van der Waals surface area (Å²) >= 11 is 0. The molecule has 0 saturated heterocycles. The monoisotopic (exact) mass is 406 g/mol. The average Bonchev–Trinajstić information content (AvgIpc) is 2.33. The van der Waals surface area contributed by atoms with Gasteiger partial charge in [-0.2, -0.15) is 0 Å². The van der Waals surface area contributed by atoms with Crippen molar-refractivity contribution in [1.29, 1.82) is 0 Å². The molecule has 2 aromatic rings. The van der Waals surface area contributed by atoms with Crippen LogP contribution in [0.3, 0.4) is 0 Å². The molecule has 0 aliphatic carbocycles. The van der Waals surface area contributed by atoms with Crippen LogP contribution in [0.1, 0.15) is 0 Å². The first-order valence-electron chi connectivity index (χ1n) is 7.58. The van der Waals surface area contributed by atoms with E-state index < -0.39 is 27.0 Å². The van der Waals surface area contributed by atoms with Crippen LogP contribution in [0.4, 0.5) is 5.69 Å². The van der Waals surface area contributed by atoms with Gasteiger partial charge in [0, 0.05) is 75.0 Å². The molecule has 0 spiro atoms. The number of non-ortho nitro benzene ring substituents is 1. The van der Waals surface area contributed by atoms with Gasteiger partial charge in [0.05, 0.1) is 10.4 Å². The third kappa shape index (κ3) is 9.24. The standard InChI is InChI=1S/C9H6N2O4.C6H19NSi2.K/c12-8-4-9(13)10-7-3-5(11(14)15)1-2-6(7)8;1-8(2,3)7-9(4,5)6;/h1-4H,(H2,10,12,13);7H,1-6H3;. The van der Waals surface area contributed by atoms with Gasteiger partial charge < -0.3 is 14.7 Å². The topological polar surface area (TPSA) is 108 Å². The number of nitrogens with zero attached hydrogens (tertiary/aromatic N) is 1. The summed E-state index contributed by atoms with van der Waals surface area (Å²) in [6, 6.07) is 4.88.